The number of carbonyl (C=O) groups excluding carboxylic acids is 3. The third-order valence-electron chi connectivity index (χ3n) is 6.90. The van der Waals surface area contributed by atoms with Crippen LogP contribution >= 0.6 is 0 Å². The van der Waals surface area contributed by atoms with Gasteiger partial charge in [-0.25, -0.2) is 9.18 Å². The van der Waals surface area contributed by atoms with Crippen LogP contribution in [0.5, 0.6) is 0 Å². The quantitative estimate of drug-likeness (QED) is 0.469. The number of halogens is 4. The molecule has 0 saturated carbocycles. The molecule has 0 unspecified atom stereocenters. The van der Waals surface area contributed by atoms with Gasteiger partial charge in [0.25, 0.3) is 5.91 Å². The van der Waals surface area contributed by atoms with Crippen LogP contribution in [-0.4, -0.2) is 46.8 Å². The largest absolute Gasteiger partial charge is 0.416 e. The number of nitrogens with one attached hydrogen (secondary N) is 2. The Hall–Kier alpha value is -3.89. The van der Waals surface area contributed by atoms with E-state index in [1.54, 1.807) is 6.92 Å². The fourth-order valence-corrected chi connectivity index (χ4v) is 5.07. The van der Waals surface area contributed by atoms with Crippen LogP contribution in [0.25, 0.3) is 0 Å². The Morgan fingerprint density at radius 2 is 1.77 bits per heavy atom. The molecule has 4 rings (SSSR count). The van der Waals surface area contributed by atoms with E-state index in [0.29, 0.717) is 12.0 Å². The molecule has 2 aliphatic heterocycles. The Morgan fingerprint density at radius 1 is 1.10 bits per heavy atom. The number of urea groups is 1. The van der Waals surface area contributed by atoms with E-state index in [2.05, 4.69) is 10.6 Å². The smallest absolute Gasteiger partial charge is 0.350 e. The van der Waals surface area contributed by atoms with Crippen molar-refractivity contribution in [2.45, 2.75) is 52.0 Å². The van der Waals surface area contributed by atoms with E-state index in [1.165, 1.54) is 52.3 Å². The first-order valence-electron chi connectivity index (χ1n) is 12.7. The molecule has 0 spiro atoms. The summed E-state index contributed by atoms with van der Waals surface area (Å²) in [6.45, 7) is 5.67. The molecule has 0 aromatic heterocycles. The highest BCUT2D eigenvalue weighted by atomic mass is 19.4. The van der Waals surface area contributed by atoms with Crippen LogP contribution in [0, 0.1) is 11.7 Å². The Kier molecular flexibility index (Phi) is 7.99. The number of hydrogen-bond donors (Lipinski definition) is 2. The maximum atomic E-state index is 13.9. The molecular formula is C28H30F4N4O3. The van der Waals surface area contributed by atoms with Crippen LogP contribution in [-0.2, 0) is 22.3 Å². The van der Waals surface area contributed by atoms with Crippen LogP contribution in [0.4, 0.5) is 22.4 Å². The molecule has 4 amide bonds. The van der Waals surface area contributed by atoms with E-state index in [0.717, 1.165) is 6.07 Å². The lowest BCUT2D eigenvalue weighted by molar-refractivity contribution is -0.139. The molecule has 2 atom stereocenters. The fourth-order valence-electron chi connectivity index (χ4n) is 5.07. The van der Waals surface area contributed by atoms with Crippen molar-refractivity contribution in [2.75, 3.05) is 13.1 Å². The summed E-state index contributed by atoms with van der Waals surface area (Å²) in [5, 5.41) is 5.37. The zero-order valence-corrected chi connectivity index (χ0v) is 21.8. The van der Waals surface area contributed by atoms with Gasteiger partial charge in [0.05, 0.1) is 29.4 Å². The van der Waals surface area contributed by atoms with Crippen molar-refractivity contribution in [3.63, 3.8) is 0 Å². The normalized spacial score (nSPS) is 18.4. The van der Waals surface area contributed by atoms with Crippen LogP contribution in [0.15, 0.2) is 59.8 Å². The molecule has 39 heavy (non-hydrogen) atoms. The minimum atomic E-state index is -4.70. The zero-order chi connectivity index (χ0) is 28.5. The maximum Gasteiger partial charge on any atom is 0.416 e. The van der Waals surface area contributed by atoms with Gasteiger partial charge in [0.1, 0.15) is 11.9 Å². The van der Waals surface area contributed by atoms with E-state index in [-0.39, 0.29) is 42.4 Å². The Labute approximate surface area is 223 Å². The number of carbonyl (C=O) groups is 3. The van der Waals surface area contributed by atoms with Gasteiger partial charge in [-0.15, -0.1) is 0 Å². The topological polar surface area (TPSA) is 81.8 Å². The summed E-state index contributed by atoms with van der Waals surface area (Å²) in [5.41, 5.74) is -0.220. The van der Waals surface area contributed by atoms with Gasteiger partial charge in [-0.05, 0) is 48.6 Å². The first kappa shape index (κ1) is 28.1. The molecule has 0 bridgehead atoms. The van der Waals surface area contributed by atoms with Crippen molar-refractivity contribution in [1.29, 1.82) is 0 Å². The van der Waals surface area contributed by atoms with E-state index in [9.17, 15) is 31.9 Å². The van der Waals surface area contributed by atoms with E-state index < -0.39 is 47.5 Å². The number of hydrogen-bond acceptors (Lipinski definition) is 3. The first-order valence-corrected chi connectivity index (χ1v) is 12.7. The number of likely N-dealkylation sites (N-methyl/N-ethyl adjacent to an activating group) is 1. The minimum absolute atomic E-state index is 0.000728. The average Bonchev–Trinajstić information content (AvgIpc) is 3.22. The second-order valence-electron chi connectivity index (χ2n) is 9.99. The van der Waals surface area contributed by atoms with Gasteiger partial charge in [0, 0.05) is 13.1 Å². The summed E-state index contributed by atoms with van der Waals surface area (Å²) in [5.74, 6) is -1.46. The third-order valence-corrected chi connectivity index (χ3v) is 6.90. The molecule has 0 fully saturated rings. The maximum absolute atomic E-state index is 13.9. The van der Waals surface area contributed by atoms with Crippen molar-refractivity contribution in [3.05, 3.63) is 82.3 Å². The lowest BCUT2D eigenvalue weighted by atomic mass is 9.91. The predicted octanol–water partition coefficient (Wildman–Crippen LogP) is 4.76. The third kappa shape index (κ3) is 5.76. The first-order chi connectivity index (χ1) is 18.4. The molecule has 2 aliphatic rings. The number of amides is 4. The molecule has 2 N–H and O–H groups in total. The number of rotatable bonds is 8. The molecule has 2 heterocycles. The predicted molar refractivity (Wildman–Crippen MR) is 135 cm³/mol. The van der Waals surface area contributed by atoms with Gasteiger partial charge < -0.3 is 15.5 Å². The standard InChI is InChI=1S/C28H30F4N4O3/c1-4-35-22-15-36(21(13-16(2)3)25(37)33-14-17-9-11-18(29)12-10-17)26(38)23(22)24(34-27(35)39)19-7-5-6-8-20(19)28(30,31)32/h5-12,16,21,24H,4,13-15H2,1-3H3,(H,33,37)(H,34,39)/t21-,24+/m1/s1. The van der Waals surface area contributed by atoms with Gasteiger partial charge in [0.2, 0.25) is 5.91 Å². The molecule has 11 heteroatoms. The van der Waals surface area contributed by atoms with Crippen molar-refractivity contribution in [3.8, 4) is 0 Å². The molecule has 208 valence electrons. The van der Waals surface area contributed by atoms with Gasteiger partial charge in [-0.3, -0.25) is 14.5 Å². The summed E-state index contributed by atoms with van der Waals surface area (Å²) in [7, 11) is 0. The minimum Gasteiger partial charge on any atom is -0.350 e. The number of benzene rings is 2. The van der Waals surface area contributed by atoms with E-state index in [1.807, 2.05) is 13.8 Å². The number of alkyl halides is 3. The fraction of sp³-hybridized carbons (Fsp3) is 0.393. The molecule has 7 nitrogen and oxygen atoms in total. The lowest BCUT2D eigenvalue weighted by Gasteiger charge is -2.33. The van der Waals surface area contributed by atoms with Gasteiger partial charge in [-0.2, -0.15) is 13.2 Å². The second kappa shape index (κ2) is 11.1. The highest BCUT2D eigenvalue weighted by Crippen LogP contribution is 2.42. The average molecular weight is 547 g/mol. The van der Waals surface area contributed by atoms with Gasteiger partial charge in [0.15, 0.2) is 0 Å². The summed E-state index contributed by atoms with van der Waals surface area (Å²) in [6.07, 6.45) is -4.41. The highest BCUT2D eigenvalue weighted by molar-refractivity contribution is 6.03. The van der Waals surface area contributed by atoms with Crippen molar-refractivity contribution >= 4 is 17.8 Å². The summed E-state index contributed by atoms with van der Waals surface area (Å²) in [4.78, 5) is 42.9. The van der Waals surface area contributed by atoms with Gasteiger partial charge in [-0.1, -0.05) is 44.2 Å². The summed E-state index contributed by atoms with van der Waals surface area (Å²) >= 11 is 0. The zero-order valence-electron chi connectivity index (χ0n) is 21.8. The van der Waals surface area contributed by atoms with Crippen LogP contribution in [0.2, 0.25) is 0 Å². The number of nitrogens with zero attached hydrogens (tertiary/aromatic N) is 2. The molecule has 0 aliphatic carbocycles. The SMILES string of the molecule is CCN1C(=O)N[C@@H](c2ccccc2C(F)(F)F)C2=C1CN([C@H](CC(C)C)C(=O)NCc1ccc(F)cc1)C2=O. The molecule has 2 aromatic rings. The van der Waals surface area contributed by atoms with Gasteiger partial charge >= 0.3 is 12.2 Å². The second-order valence-corrected chi connectivity index (χ2v) is 9.99. The molecule has 0 radical (unpaired) electrons. The van der Waals surface area contributed by atoms with Crippen molar-refractivity contribution in [1.82, 2.24) is 20.4 Å². The highest BCUT2D eigenvalue weighted by Gasteiger charge is 2.48. The van der Waals surface area contributed by atoms with Crippen molar-refractivity contribution < 1.29 is 31.9 Å². The van der Waals surface area contributed by atoms with E-state index in [4.69, 9.17) is 0 Å². The Bertz CT molecular complexity index is 1290. The van der Waals surface area contributed by atoms with Crippen molar-refractivity contribution in [2.24, 2.45) is 5.92 Å². The Morgan fingerprint density at radius 3 is 2.38 bits per heavy atom. The molecule has 0 saturated heterocycles. The lowest BCUT2D eigenvalue weighted by Crippen LogP contribution is -2.49. The summed E-state index contributed by atoms with van der Waals surface area (Å²) < 4.78 is 54.9. The van der Waals surface area contributed by atoms with Crippen LogP contribution in [0.3, 0.4) is 0 Å². The van der Waals surface area contributed by atoms with E-state index >= 15 is 0 Å². The Balaban J connectivity index is 1.68. The molecule has 2 aromatic carbocycles. The monoisotopic (exact) mass is 546 g/mol. The summed E-state index contributed by atoms with van der Waals surface area (Å²) in [6, 6.07) is 7.57. The van der Waals surface area contributed by atoms with Crippen LogP contribution in [0.1, 0.15) is 49.9 Å². The molecular weight excluding hydrogens is 516 g/mol. The van der Waals surface area contributed by atoms with Crippen LogP contribution < -0.4 is 10.6 Å².